The monoisotopic (exact) mass is 256 g/mol. The van der Waals surface area contributed by atoms with E-state index in [-0.39, 0.29) is 18.5 Å². The van der Waals surface area contributed by atoms with E-state index in [1.54, 1.807) is 13.8 Å². The number of carbonyl (C=O) groups excluding carboxylic acids is 1. The van der Waals surface area contributed by atoms with E-state index in [1.807, 2.05) is 0 Å². The van der Waals surface area contributed by atoms with E-state index in [0.29, 0.717) is 11.3 Å². The van der Waals surface area contributed by atoms with Crippen LogP contribution in [0, 0.1) is 5.82 Å². The van der Waals surface area contributed by atoms with E-state index in [9.17, 15) is 9.18 Å². The third-order valence-corrected chi connectivity index (χ3v) is 2.25. The maximum Gasteiger partial charge on any atom is 0.404 e. The number of primary amides is 1. The number of rotatable bonds is 5. The molecule has 0 aromatic heterocycles. The lowest BCUT2D eigenvalue weighted by Gasteiger charge is -2.18. The van der Waals surface area contributed by atoms with Crippen molar-refractivity contribution in [2.45, 2.75) is 26.0 Å². The summed E-state index contributed by atoms with van der Waals surface area (Å²) in [6.07, 6.45) is -1.27. The Morgan fingerprint density at radius 1 is 1.44 bits per heavy atom. The molecule has 1 aromatic carbocycles. The predicted octanol–water partition coefficient (Wildman–Crippen LogP) is 1.71. The number of ether oxygens (including phenoxy) is 2. The van der Waals surface area contributed by atoms with Crippen LogP contribution in [0.5, 0.6) is 5.75 Å². The largest absolute Gasteiger partial charge is 0.487 e. The van der Waals surface area contributed by atoms with Crippen molar-refractivity contribution < 1.29 is 18.7 Å². The maximum absolute atomic E-state index is 13.1. The van der Waals surface area contributed by atoms with Crippen LogP contribution in [0.25, 0.3) is 0 Å². The zero-order valence-electron chi connectivity index (χ0n) is 10.4. The number of benzene rings is 1. The van der Waals surface area contributed by atoms with Gasteiger partial charge >= 0.3 is 6.09 Å². The molecule has 4 N–H and O–H groups in total. The van der Waals surface area contributed by atoms with Gasteiger partial charge in [-0.1, -0.05) is 0 Å². The average molecular weight is 256 g/mol. The second kappa shape index (κ2) is 6.20. The Kier molecular flexibility index (Phi) is 4.91. The molecule has 1 rings (SSSR count). The van der Waals surface area contributed by atoms with E-state index < -0.39 is 12.2 Å². The second-order valence-corrected chi connectivity index (χ2v) is 4.03. The predicted molar refractivity (Wildman–Crippen MR) is 64.6 cm³/mol. The normalized spacial score (nSPS) is 13.8. The summed E-state index contributed by atoms with van der Waals surface area (Å²) in [7, 11) is 0. The minimum atomic E-state index is -0.864. The first-order chi connectivity index (χ1) is 8.40. The number of halogens is 1. The molecule has 0 fully saturated rings. The molecule has 1 aromatic rings. The van der Waals surface area contributed by atoms with E-state index in [4.69, 9.17) is 16.2 Å². The van der Waals surface area contributed by atoms with Gasteiger partial charge in [0, 0.05) is 11.6 Å². The molecule has 0 radical (unpaired) electrons. The standard InChI is InChI=1S/C12H17FN2O3/c1-7(6-17-12(15)16)18-11-4-3-9(13)5-10(11)8(2)14/h3-5,7-8H,6,14H2,1-2H3,(H2,15,16). The molecular weight excluding hydrogens is 239 g/mol. The summed E-state index contributed by atoms with van der Waals surface area (Å²) in [5.74, 6) is 0.0858. The van der Waals surface area contributed by atoms with Crippen LogP contribution in [-0.2, 0) is 4.74 Å². The van der Waals surface area contributed by atoms with E-state index in [2.05, 4.69) is 4.74 Å². The van der Waals surface area contributed by atoms with Gasteiger partial charge in [0.25, 0.3) is 0 Å². The van der Waals surface area contributed by atoms with Crippen molar-refractivity contribution >= 4 is 6.09 Å². The minimum absolute atomic E-state index is 0.0190. The Bertz CT molecular complexity index is 424. The first kappa shape index (κ1) is 14.2. The van der Waals surface area contributed by atoms with Crippen molar-refractivity contribution in [2.24, 2.45) is 11.5 Å². The summed E-state index contributed by atoms with van der Waals surface area (Å²) in [6.45, 7) is 3.45. The van der Waals surface area contributed by atoms with Crippen LogP contribution in [0.2, 0.25) is 0 Å². The van der Waals surface area contributed by atoms with Crippen LogP contribution in [-0.4, -0.2) is 18.8 Å². The number of carbonyl (C=O) groups is 1. The molecule has 2 atom stereocenters. The quantitative estimate of drug-likeness (QED) is 0.839. The molecule has 0 aliphatic carbocycles. The van der Waals surface area contributed by atoms with Crippen LogP contribution < -0.4 is 16.2 Å². The molecular formula is C12H17FN2O3. The van der Waals surface area contributed by atoms with Crippen molar-refractivity contribution in [3.05, 3.63) is 29.6 Å². The van der Waals surface area contributed by atoms with Gasteiger partial charge < -0.3 is 20.9 Å². The summed E-state index contributed by atoms with van der Waals surface area (Å²) in [4.78, 5) is 10.5. The van der Waals surface area contributed by atoms with Crippen LogP contribution in [0.15, 0.2) is 18.2 Å². The molecule has 2 unspecified atom stereocenters. The van der Waals surface area contributed by atoms with Crippen molar-refractivity contribution in [3.63, 3.8) is 0 Å². The van der Waals surface area contributed by atoms with Gasteiger partial charge in [-0.25, -0.2) is 9.18 Å². The molecule has 0 aliphatic rings. The van der Waals surface area contributed by atoms with E-state index in [0.717, 1.165) is 0 Å². The van der Waals surface area contributed by atoms with Gasteiger partial charge in [0.05, 0.1) is 0 Å². The Balaban J connectivity index is 2.74. The topological polar surface area (TPSA) is 87.6 Å². The van der Waals surface area contributed by atoms with Gasteiger partial charge in [0.15, 0.2) is 0 Å². The van der Waals surface area contributed by atoms with Gasteiger partial charge in [-0.2, -0.15) is 0 Å². The Morgan fingerprint density at radius 3 is 2.67 bits per heavy atom. The highest BCUT2D eigenvalue weighted by Crippen LogP contribution is 2.25. The van der Waals surface area contributed by atoms with Crippen molar-refractivity contribution in [3.8, 4) is 5.75 Å². The van der Waals surface area contributed by atoms with Crippen molar-refractivity contribution in [2.75, 3.05) is 6.61 Å². The maximum atomic E-state index is 13.1. The SMILES string of the molecule is CC(COC(N)=O)Oc1ccc(F)cc1C(C)N. The minimum Gasteiger partial charge on any atom is -0.487 e. The molecule has 100 valence electrons. The Morgan fingerprint density at radius 2 is 2.11 bits per heavy atom. The fourth-order valence-corrected chi connectivity index (χ4v) is 1.43. The first-order valence-electron chi connectivity index (χ1n) is 5.54. The van der Waals surface area contributed by atoms with Crippen molar-refractivity contribution in [1.29, 1.82) is 0 Å². The fraction of sp³-hybridized carbons (Fsp3) is 0.417. The summed E-state index contributed by atoms with van der Waals surface area (Å²) < 4.78 is 23.2. The van der Waals surface area contributed by atoms with Gasteiger partial charge in [0.1, 0.15) is 24.3 Å². The number of nitrogens with two attached hydrogens (primary N) is 2. The van der Waals surface area contributed by atoms with Gasteiger partial charge in [0.2, 0.25) is 0 Å². The molecule has 0 saturated heterocycles. The lowest BCUT2D eigenvalue weighted by Crippen LogP contribution is -2.25. The molecule has 6 heteroatoms. The van der Waals surface area contributed by atoms with Crippen LogP contribution in [0.3, 0.4) is 0 Å². The molecule has 0 spiro atoms. The molecule has 1 amide bonds. The van der Waals surface area contributed by atoms with Gasteiger partial charge in [-0.15, -0.1) is 0 Å². The highest BCUT2D eigenvalue weighted by molar-refractivity contribution is 5.64. The lowest BCUT2D eigenvalue weighted by atomic mass is 10.1. The molecule has 5 nitrogen and oxygen atoms in total. The van der Waals surface area contributed by atoms with Crippen LogP contribution in [0.4, 0.5) is 9.18 Å². The van der Waals surface area contributed by atoms with Crippen molar-refractivity contribution in [1.82, 2.24) is 0 Å². The second-order valence-electron chi connectivity index (χ2n) is 4.03. The van der Waals surface area contributed by atoms with Gasteiger partial charge in [-0.05, 0) is 32.0 Å². The van der Waals surface area contributed by atoms with E-state index in [1.165, 1.54) is 18.2 Å². The number of hydrogen-bond donors (Lipinski definition) is 2. The summed E-state index contributed by atoms with van der Waals surface area (Å²) in [6, 6.07) is 3.74. The summed E-state index contributed by atoms with van der Waals surface area (Å²) in [5, 5.41) is 0. The zero-order chi connectivity index (χ0) is 13.7. The first-order valence-corrected chi connectivity index (χ1v) is 5.54. The number of hydrogen-bond acceptors (Lipinski definition) is 4. The molecule has 0 saturated carbocycles. The lowest BCUT2D eigenvalue weighted by molar-refractivity contribution is 0.0956. The fourth-order valence-electron chi connectivity index (χ4n) is 1.43. The highest BCUT2D eigenvalue weighted by Gasteiger charge is 2.13. The zero-order valence-corrected chi connectivity index (χ0v) is 10.4. The number of amides is 1. The molecule has 0 heterocycles. The smallest absolute Gasteiger partial charge is 0.404 e. The Hall–Kier alpha value is -1.82. The third kappa shape index (κ3) is 4.21. The average Bonchev–Trinajstić information content (AvgIpc) is 2.28. The summed E-state index contributed by atoms with van der Waals surface area (Å²) >= 11 is 0. The Labute approximate surface area is 105 Å². The molecule has 18 heavy (non-hydrogen) atoms. The molecule has 0 bridgehead atoms. The van der Waals surface area contributed by atoms with E-state index >= 15 is 0 Å². The van der Waals surface area contributed by atoms with Crippen LogP contribution in [0.1, 0.15) is 25.5 Å². The highest BCUT2D eigenvalue weighted by atomic mass is 19.1. The van der Waals surface area contributed by atoms with Gasteiger partial charge in [-0.3, -0.25) is 0 Å². The van der Waals surface area contributed by atoms with Crippen LogP contribution >= 0.6 is 0 Å². The molecule has 0 aliphatic heterocycles. The third-order valence-electron chi connectivity index (χ3n) is 2.25. The summed E-state index contributed by atoms with van der Waals surface area (Å²) in [5.41, 5.74) is 11.1.